The Kier molecular flexibility index (Phi) is 5.44. The summed E-state index contributed by atoms with van der Waals surface area (Å²) in [5.41, 5.74) is 0.425. The number of anilines is 1. The Morgan fingerprint density at radius 3 is 2.61 bits per heavy atom. The first-order valence-corrected chi connectivity index (χ1v) is 8.03. The fourth-order valence-electron chi connectivity index (χ4n) is 1.31. The molecule has 0 unspecified atom stereocenters. The average Bonchev–Trinajstić information content (AvgIpc) is 2.23. The fourth-order valence-corrected chi connectivity index (χ4v) is 2.32. The van der Waals surface area contributed by atoms with E-state index >= 15 is 0 Å². The molecule has 0 aliphatic rings. The summed E-state index contributed by atoms with van der Waals surface area (Å²) in [7, 11) is -3.03. The molecule has 4 nitrogen and oxygen atoms in total. The minimum Gasteiger partial charge on any atom is -0.325 e. The summed E-state index contributed by atoms with van der Waals surface area (Å²) in [6, 6.07) is 4.91. The topological polar surface area (TPSA) is 63.2 Å². The highest BCUT2D eigenvalue weighted by Gasteiger charge is 2.09. The van der Waals surface area contributed by atoms with Crippen molar-refractivity contribution in [1.29, 1.82) is 0 Å². The summed E-state index contributed by atoms with van der Waals surface area (Å²) in [6.45, 7) is 0. The van der Waals surface area contributed by atoms with E-state index in [1.54, 1.807) is 18.2 Å². The SMILES string of the molecule is CS(=O)(=O)CCCC(=O)Nc1cccc(Cl)c1Cl. The maximum absolute atomic E-state index is 11.6. The Morgan fingerprint density at radius 2 is 2.00 bits per heavy atom. The summed E-state index contributed by atoms with van der Waals surface area (Å²) in [5, 5.41) is 3.21. The summed E-state index contributed by atoms with van der Waals surface area (Å²) in [6.07, 6.45) is 1.54. The van der Waals surface area contributed by atoms with E-state index in [1.807, 2.05) is 0 Å². The van der Waals surface area contributed by atoms with Crippen LogP contribution < -0.4 is 5.32 Å². The van der Waals surface area contributed by atoms with Crippen molar-refractivity contribution in [1.82, 2.24) is 0 Å². The lowest BCUT2D eigenvalue weighted by Gasteiger charge is -2.07. The number of hydrogen-bond acceptors (Lipinski definition) is 3. The summed E-state index contributed by atoms with van der Waals surface area (Å²) in [4.78, 5) is 11.6. The summed E-state index contributed by atoms with van der Waals surface area (Å²) in [5.74, 6) is -0.299. The molecule has 0 aromatic heterocycles. The van der Waals surface area contributed by atoms with Gasteiger partial charge in [-0.25, -0.2) is 8.42 Å². The zero-order valence-corrected chi connectivity index (χ0v) is 12.1. The molecule has 1 amide bonds. The van der Waals surface area contributed by atoms with E-state index in [9.17, 15) is 13.2 Å². The number of benzene rings is 1. The molecule has 1 aromatic rings. The number of amides is 1. The molecule has 0 atom stereocenters. The van der Waals surface area contributed by atoms with Gasteiger partial charge in [0.15, 0.2) is 0 Å². The second-order valence-corrected chi connectivity index (χ2v) is 6.93. The summed E-state index contributed by atoms with van der Waals surface area (Å²) < 4.78 is 21.8. The molecule has 0 heterocycles. The van der Waals surface area contributed by atoms with Gasteiger partial charge in [0.1, 0.15) is 9.84 Å². The third-order valence-electron chi connectivity index (χ3n) is 2.14. The third-order valence-corrected chi connectivity index (χ3v) is 3.99. The molecule has 0 spiro atoms. The molecule has 0 radical (unpaired) electrons. The normalized spacial score (nSPS) is 11.3. The van der Waals surface area contributed by atoms with Crippen molar-refractivity contribution in [3.05, 3.63) is 28.2 Å². The molecule has 100 valence electrons. The molecule has 18 heavy (non-hydrogen) atoms. The van der Waals surface area contributed by atoms with Gasteiger partial charge in [0.05, 0.1) is 21.5 Å². The van der Waals surface area contributed by atoms with Crippen molar-refractivity contribution in [2.75, 3.05) is 17.3 Å². The lowest BCUT2D eigenvalue weighted by atomic mass is 10.3. The molecule has 0 aliphatic heterocycles. The van der Waals surface area contributed by atoms with Crippen molar-refractivity contribution in [3.63, 3.8) is 0 Å². The van der Waals surface area contributed by atoms with Crippen LogP contribution in [0, 0.1) is 0 Å². The van der Waals surface area contributed by atoms with Crippen LogP contribution >= 0.6 is 23.2 Å². The number of carbonyl (C=O) groups is 1. The van der Waals surface area contributed by atoms with Crippen LogP contribution in [-0.4, -0.2) is 26.3 Å². The summed E-state index contributed by atoms with van der Waals surface area (Å²) >= 11 is 11.7. The van der Waals surface area contributed by atoms with E-state index in [4.69, 9.17) is 23.2 Å². The molecular weight excluding hydrogens is 297 g/mol. The minimum atomic E-state index is -3.03. The van der Waals surface area contributed by atoms with Crippen LogP contribution in [0.1, 0.15) is 12.8 Å². The van der Waals surface area contributed by atoms with Crippen molar-refractivity contribution in [2.24, 2.45) is 0 Å². The maximum atomic E-state index is 11.6. The first-order chi connectivity index (χ1) is 8.29. The highest BCUT2D eigenvalue weighted by Crippen LogP contribution is 2.29. The minimum absolute atomic E-state index is 0.0102. The van der Waals surface area contributed by atoms with Crippen LogP contribution in [0.4, 0.5) is 5.69 Å². The van der Waals surface area contributed by atoms with E-state index in [0.29, 0.717) is 10.7 Å². The van der Waals surface area contributed by atoms with Gasteiger partial charge >= 0.3 is 0 Å². The van der Waals surface area contributed by atoms with Crippen molar-refractivity contribution < 1.29 is 13.2 Å². The van der Waals surface area contributed by atoms with Crippen molar-refractivity contribution in [2.45, 2.75) is 12.8 Å². The Hall–Kier alpha value is -0.780. The first kappa shape index (κ1) is 15.3. The average molecular weight is 310 g/mol. The monoisotopic (exact) mass is 309 g/mol. The van der Waals surface area contributed by atoms with Crippen LogP contribution in [0.25, 0.3) is 0 Å². The van der Waals surface area contributed by atoms with Gasteiger partial charge < -0.3 is 5.32 Å². The molecular formula is C11H13Cl2NO3S. The van der Waals surface area contributed by atoms with Gasteiger partial charge in [0, 0.05) is 12.7 Å². The van der Waals surface area contributed by atoms with Gasteiger partial charge in [-0.2, -0.15) is 0 Å². The molecule has 7 heteroatoms. The van der Waals surface area contributed by atoms with Crippen LogP contribution in [-0.2, 0) is 14.6 Å². The maximum Gasteiger partial charge on any atom is 0.224 e. The van der Waals surface area contributed by atoms with E-state index in [1.165, 1.54) is 0 Å². The molecule has 1 N–H and O–H groups in total. The van der Waals surface area contributed by atoms with Gasteiger partial charge in [-0.05, 0) is 18.6 Å². The largest absolute Gasteiger partial charge is 0.325 e. The number of carbonyl (C=O) groups excluding carboxylic acids is 1. The zero-order chi connectivity index (χ0) is 13.8. The van der Waals surface area contributed by atoms with Gasteiger partial charge in [0.25, 0.3) is 0 Å². The number of halogens is 2. The number of sulfone groups is 1. The van der Waals surface area contributed by atoms with Gasteiger partial charge in [0.2, 0.25) is 5.91 Å². The number of nitrogens with one attached hydrogen (secondary N) is 1. The second-order valence-electron chi connectivity index (χ2n) is 3.88. The van der Waals surface area contributed by atoms with Gasteiger partial charge in [-0.1, -0.05) is 29.3 Å². The zero-order valence-electron chi connectivity index (χ0n) is 9.74. The van der Waals surface area contributed by atoms with Gasteiger partial charge in [-0.3, -0.25) is 4.79 Å². The highest BCUT2D eigenvalue weighted by molar-refractivity contribution is 7.90. The van der Waals surface area contributed by atoms with Crippen LogP contribution in [0.15, 0.2) is 18.2 Å². The smallest absolute Gasteiger partial charge is 0.224 e. The predicted molar refractivity (Wildman–Crippen MR) is 74.0 cm³/mol. The lowest BCUT2D eigenvalue weighted by molar-refractivity contribution is -0.116. The van der Waals surface area contributed by atoms with E-state index in [2.05, 4.69) is 5.32 Å². The Balaban J connectivity index is 2.53. The molecule has 0 aliphatic carbocycles. The quantitative estimate of drug-likeness (QED) is 0.909. The molecule has 1 aromatic carbocycles. The Morgan fingerprint density at radius 1 is 1.33 bits per heavy atom. The van der Waals surface area contributed by atoms with Crippen LogP contribution in [0.2, 0.25) is 10.0 Å². The lowest BCUT2D eigenvalue weighted by Crippen LogP contribution is -2.13. The van der Waals surface area contributed by atoms with Crippen molar-refractivity contribution >= 4 is 44.6 Å². The molecule has 1 rings (SSSR count). The van der Waals surface area contributed by atoms with E-state index < -0.39 is 9.84 Å². The highest BCUT2D eigenvalue weighted by atomic mass is 35.5. The van der Waals surface area contributed by atoms with Crippen molar-refractivity contribution in [3.8, 4) is 0 Å². The fraction of sp³-hybridized carbons (Fsp3) is 0.364. The molecule has 0 fully saturated rings. The standard InChI is InChI=1S/C11H13Cl2NO3S/c1-18(16,17)7-3-6-10(15)14-9-5-2-4-8(12)11(9)13/h2,4-5H,3,6-7H2,1H3,(H,14,15). The first-order valence-electron chi connectivity index (χ1n) is 5.21. The van der Waals surface area contributed by atoms with E-state index in [-0.39, 0.29) is 29.5 Å². The van der Waals surface area contributed by atoms with Gasteiger partial charge in [-0.15, -0.1) is 0 Å². The number of rotatable bonds is 5. The molecule has 0 saturated carbocycles. The molecule has 0 saturated heterocycles. The molecule has 0 bridgehead atoms. The van der Waals surface area contributed by atoms with E-state index in [0.717, 1.165) is 6.26 Å². The Bertz CT molecular complexity index is 543. The Labute approximate surface area is 116 Å². The number of hydrogen-bond donors (Lipinski definition) is 1. The van der Waals surface area contributed by atoms with Crippen LogP contribution in [0.3, 0.4) is 0 Å². The predicted octanol–water partition coefficient (Wildman–Crippen LogP) is 2.76. The van der Waals surface area contributed by atoms with Crippen LogP contribution in [0.5, 0.6) is 0 Å². The third kappa shape index (κ3) is 5.25. The second kappa shape index (κ2) is 6.41.